The Morgan fingerprint density at radius 1 is 1.19 bits per heavy atom. The molecule has 2 N–H and O–H groups in total. The molecule has 4 rings (SSSR count). The van der Waals surface area contributed by atoms with Gasteiger partial charge in [0.05, 0.1) is 33.1 Å². The zero-order valence-corrected chi connectivity index (χ0v) is 15.1. The average molecular weight is 369 g/mol. The van der Waals surface area contributed by atoms with Gasteiger partial charge in [-0.1, -0.05) is 6.07 Å². The van der Waals surface area contributed by atoms with E-state index in [1.54, 1.807) is 31.0 Å². The zero-order chi connectivity index (χ0) is 19.0. The van der Waals surface area contributed by atoms with Gasteiger partial charge in [0.15, 0.2) is 11.5 Å². The first-order valence-electron chi connectivity index (χ1n) is 8.63. The molecule has 0 spiro atoms. The van der Waals surface area contributed by atoms with E-state index in [-0.39, 0.29) is 12.4 Å². The molecule has 1 aromatic heterocycles. The van der Waals surface area contributed by atoms with Gasteiger partial charge in [-0.2, -0.15) is 5.10 Å². The van der Waals surface area contributed by atoms with Gasteiger partial charge in [-0.3, -0.25) is 0 Å². The van der Waals surface area contributed by atoms with E-state index in [2.05, 4.69) is 10.4 Å². The number of ether oxygens (including phenoxy) is 2. The topological polar surface area (TPSA) is 68.5 Å². The summed E-state index contributed by atoms with van der Waals surface area (Å²) in [4.78, 5) is 0. The van der Waals surface area contributed by atoms with Gasteiger partial charge in [-0.15, -0.1) is 0 Å². The van der Waals surface area contributed by atoms with Crippen molar-refractivity contribution in [1.82, 2.24) is 9.78 Å². The van der Waals surface area contributed by atoms with Crippen LogP contribution in [0.3, 0.4) is 0 Å². The largest absolute Gasteiger partial charge is 0.493 e. The number of aliphatic hydroxyl groups is 1. The molecule has 6 nitrogen and oxygen atoms in total. The molecule has 0 aliphatic heterocycles. The molecule has 0 saturated heterocycles. The Kier molecular flexibility index (Phi) is 4.45. The number of anilines is 2. The van der Waals surface area contributed by atoms with Crippen molar-refractivity contribution in [2.75, 3.05) is 26.1 Å². The summed E-state index contributed by atoms with van der Waals surface area (Å²) in [7, 11) is 3.21. The molecule has 0 bridgehead atoms. The number of aromatic nitrogens is 2. The fraction of sp³-hybridized carbons (Fsp3) is 0.250. The summed E-state index contributed by atoms with van der Waals surface area (Å²) in [5.41, 5.74) is 4.52. The number of fused-ring (bicyclic) bond motifs is 3. The molecule has 0 unspecified atom stereocenters. The van der Waals surface area contributed by atoms with Gasteiger partial charge in [-0.05, 0) is 35.9 Å². The SMILES string of the molecule is COc1cc2c(cc1OC)-c1nn(CCO)c(Nc3cccc(F)c3)c1C2. The molecule has 140 valence electrons. The van der Waals surface area contributed by atoms with Crippen molar-refractivity contribution in [2.24, 2.45) is 0 Å². The predicted molar refractivity (Wildman–Crippen MR) is 100 cm³/mol. The third kappa shape index (κ3) is 3.00. The molecule has 1 aliphatic carbocycles. The van der Waals surface area contributed by atoms with E-state index in [4.69, 9.17) is 9.47 Å². The fourth-order valence-corrected chi connectivity index (χ4v) is 3.46. The summed E-state index contributed by atoms with van der Waals surface area (Å²) in [6.07, 6.45) is 0.661. The van der Waals surface area contributed by atoms with Crippen LogP contribution >= 0.6 is 0 Å². The molecular formula is C20H20FN3O3. The standard InChI is InChI=1S/C20H20FN3O3/c1-26-17-9-12-8-16-19(15(12)11-18(17)27-2)23-24(6-7-25)20(16)22-14-5-3-4-13(21)10-14/h3-5,9-11,22,25H,6-8H2,1-2H3. The highest BCUT2D eigenvalue weighted by atomic mass is 19.1. The summed E-state index contributed by atoms with van der Waals surface area (Å²) in [5, 5.41) is 17.3. The van der Waals surface area contributed by atoms with Gasteiger partial charge in [0.25, 0.3) is 0 Å². The van der Waals surface area contributed by atoms with Crippen molar-refractivity contribution in [1.29, 1.82) is 0 Å². The van der Waals surface area contributed by atoms with Gasteiger partial charge in [-0.25, -0.2) is 9.07 Å². The van der Waals surface area contributed by atoms with Gasteiger partial charge in [0.1, 0.15) is 11.6 Å². The lowest BCUT2D eigenvalue weighted by Gasteiger charge is -2.12. The minimum atomic E-state index is -0.317. The molecule has 0 atom stereocenters. The van der Waals surface area contributed by atoms with Crippen LogP contribution in [0.15, 0.2) is 36.4 Å². The van der Waals surface area contributed by atoms with Crippen molar-refractivity contribution in [3.63, 3.8) is 0 Å². The number of hydrogen-bond acceptors (Lipinski definition) is 5. The van der Waals surface area contributed by atoms with Crippen LogP contribution in [0.1, 0.15) is 11.1 Å². The minimum absolute atomic E-state index is 0.0445. The number of methoxy groups -OCH3 is 2. The highest BCUT2D eigenvalue weighted by Gasteiger charge is 2.29. The Morgan fingerprint density at radius 3 is 2.67 bits per heavy atom. The van der Waals surface area contributed by atoms with Crippen LogP contribution < -0.4 is 14.8 Å². The van der Waals surface area contributed by atoms with Crippen LogP contribution in [0.25, 0.3) is 11.3 Å². The van der Waals surface area contributed by atoms with Gasteiger partial charge >= 0.3 is 0 Å². The lowest BCUT2D eigenvalue weighted by Crippen LogP contribution is -2.09. The van der Waals surface area contributed by atoms with Crippen LogP contribution in [0.2, 0.25) is 0 Å². The Hall–Kier alpha value is -3.06. The van der Waals surface area contributed by atoms with Gasteiger partial charge in [0, 0.05) is 23.2 Å². The first kappa shape index (κ1) is 17.4. The zero-order valence-electron chi connectivity index (χ0n) is 15.1. The van der Waals surface area contributed by atoms with Gasteiger partial charge < -0.3 is 19.9 Å². The monoisotopic (exact) mass is 369 g/mol. The second-order valence-corrected chi connectivity index (χ2v) is 6.30. The minimum Gasteiger partial charge on any atom is -0.493 e. The summed E-state index contributed by atoms with van der Waals surface area (Å²) >= 11 is 0. The molecule has 0 fully saturated rings. The Bertz CT molecular complexity index is 1000. The second-order valence-electron chi connectivity index (χ2n) is 6.30. The molecule has 7 heteroatoms. The number of nitrogens with one attached hydrogen (secondary N) is 1. The molecule has 0 radical (unpaired) electrons. The van der Waals surface area contributed by atoms with Crippen molar-refractivity contribution < 1.29 is 19.0 Å². The van der Waals surface area contributed by atoms with Gasteiger partial charge in [0.2, 0.25) is 0 Å². The normalized spacial score (nSPS) is 11.9. The number of aliphatic hydroxyl groups excluding tert-OH is 1. The van der Waals surface area contributed by atoms with E-state index < -0.39 is 0 Å². The molecule has 0 saturated carbocycles. The van der Waals surface area contributed by atoms with E-state index in [1.807, 2.05) is 12.1 Å². The second kappa shape index (κ2) is 6.92. The Labute approximate surface area is 156 Å². The van der Waals surface area contributed by atoms with E-state index in [1.165, 1.54) is 12.1 Å². The van der Waals surface area contributed by atoms with Crippen molar-refractivity contribution in [2.45, 2.75) is 13.0 Å². The highest BCUT2D eigenvalue weighted by molar-refractivity contribution is 5.82. The Morgan fingerprint density at radius 2 is 1.96 bits per heavy atom. The summed E-state index contributed by atoms with van der Waals surface area (Å²) < 4.78 is 26.1. The van der Waals surface area contributed by atoms with Crippen LogP contribution in [-0.4, -0.2) is 35.7 Å². The maximum Gasteiger partial charge on any atom is 0.161 e. The number of halogens is 1. The molecular weight excluding hydrogens is 349 g/mol. The maximum atomic E-state index is 13.6. The third-order valence-corrected chi connectivity index (χ3v) is 4.68. The lowest BCUT2D eigenvalue weighted by atomic mass is 10.1. The van der Waals surface area contributed by atoms with E-state index >= 15 is 0 Å². The summed E-state index contributed by atoms with van der Waals surface area (Å²) in [6.45, 7) is 0.296. The van der Waals surface area contributed by atoms with Crippen LogP contribution in [0, 0.1) is 5.82 Å². The Balaban J connectivity index is 1.79. The van der Waals surface area contributed by atoms with Crippen molar-refractivity contribution in [3.05, 3.63) is 53.3 Å². The first-order chi connectivity index (χ1) is 13.1. The number of rotatable bonds is 6. The molecule has 2 aromatic carbocycles. The predicted octanol–water partition coefficient (Wildman–Crippen LogP) is 3.35. The molecule has 1 heterocycles. The maximum absolute atomic E-state index is 13.6. The van der Waals surface area contributed by atoms with Crippen LogP contribution in [-0.2, 0) is 13.0 Å². The highest BCUT2D eigenvalue weighted by Crippen LogP contribution is 2.45. The third-order valence-electron chi connectivity index (χ3n) is 4.68. The fourth-order valence-electron chi connectivity index (χ4n) is 3.46. The molecule has 1 aliphatic rings. The number of nitrogens with zero attached hydrogens (tertiary/aromatic N) is 2. The quantitative estimate of drug-likeness (QED) is 0.546. The van der Waals surface area contributed by atoms with E-state index in [0.717, 1.165) is 28.2 Å². The molecule has 27 heavy (non-hydrogen) atoms. The summed E-state index contributed by atoms with van der Waals surface area (Å²) in [6, 6.07) is 10.1. The first-order valence-corrected chi connectivity index (χ1v) is 8.63. The van der Waals surface area contributed by atoms with Crippen molar-refractivity contribution in [3.8, 4) is 22.8 Å². The summed E-state index contributed by atoms with van der Waals surface area (Å²) in [5.74, 6) is 1.74. The van der Waals surface area contributed by atoms with Crippen LogP contribution in [0.4, 0.5) is 15.9 Å². The number of hydrogen-bond donors (Lipinski definition) is 2. The van der Waals surface area contributed by atoms with Crippen LogP contribution in [0.5, 0.6) is 11.5 Å². The average Bonchev–Trinajstić information content (AvgIpc) is 3.17. The van der Waals surface area contributed by atoms with E-state index in [0.29, 0.717) is 30.2 Å². The van der Waals surface area contributed by atoms with E-state index in [9.17, 15) is 9.50 Å². The molecule has 0 amide bonds. The number of benzene rings is 2. The smallest absolute Gasteiger partial charge is 0.161 e. The molecule has 3 aromatic rings. The lowest BCUT2D eigenvalue weighted by molar-refractivity contribution is 0.270. The van der Waals surface area contributed by atoms with Crippen molar-refractivity contribution >= 4 is 11.5 Å².